The van der Waals surface area contributed by atoms with Crippen molar-refractivity contribution >= 4 is 0 Å². The molecular formula is C7H7F2NO2. The highest BCUT2D eigenvalue weighted by Crippen LogP contribution is 2.27. The summed E-state index contributed by atoms with van der Waals surface area (Å²) in [5, 5.41) is 17.4. The van der Waals surface area contributed by atoms with E-state index in [1.165, 1.54) is 0 Å². The van der Waals surface area contributed by atoms with Crippen LogP contribution in [-0.4, -0.2) is 15.2 Å². The smallest absolute Gasteiger partial charge is 0.267 e. The standard InChI is InChI=1S/C7H7F2NO2/c8-7(9)5-1-4(3-11)10-2-6(5)12/h1-2,7,11-12H,3H2. The van der Waals surface area contributed by atoms with Crippen LogP contribution in [0.4, 0.5) is 8.78 Å². The first kappa shape index (κ1) is 8.86. The Balaban J connectivity index is 3.08. The molecule has 0 aromatic carbocycles. The van der Waals surface area contributed by atoms with E-state index in [0.29, 0.717) is 0 Å². The lowest BCUT2D eigenvalue weighted by Crippen LogP contribution is -1.93. The number of aromatic hydroxyl groups is 1. The van der Waals surface area contributed by atoms with Crippen molar-refractivity contribution in [3.8, 4) is 5.75 Å². The minimum atomic E-state index is -2.75. The van der Waals surface area contributed by atoms with E-state index in [4.69, 9.17) is 10.2 Å². The minimum absolute atomic E-state index is 0.114. The normalized spacial score (nSPS) is 10.7. The Morgan fingerprint density at radius 1 is 1.50 bits per heavy atom. The van der Waals surface area contributed by atoms with Crippen molar-refractivity contribution in [3.05, 3.63) is 23.5 Å². The summed E-state index contributed by atoms with van der Waals surface area (Å²) in [6.07, 6.45) is -1.86. The third-order valence-electron chi connectivity index (χ3n) is 1.37. The summed E-state index contributed by atoms with van der Waals surface area (Å²) >= 11 is 0. The maximum Gasteiger partial charge on any atom is 0.267 e. The van der Waals surface area contributed by atoms with E-state index in [1.54, 1.807) is 0 Å². The van der Waals surface area contributed by atoms with Gasteiger partial charge in [-0.1, -0.05) is 0 Å². The molecule has 3 nitrogen and oxygen atoms in total. The van der Waals surface area contributed by atoms with Gasteiger partial charge in [0.05, 0.1) is 24.1 Å². The highest BCUT2D eigenvalue weighted by atomic mass is 19.3. The van der Waals surface area contributed by atoms with Gasteiger partial charge in [-0.25, -0.2) is 8.78 Å². The quantitative estimate of drug-likeness (QED) is 0.710. The maximum atomic E-state index is 12.1. The lowest BCUT2D eigenvalue weighted by atomic mass is 10.2. The molecule has 0 bridgehead atoms. The molecule has 5 heteroatoms. The van der Waals surface area contributed by atoms with Gasteiger partial charge in [-0.3, -0.25) is 4.98 Å². The van der Waals surface area contributed by atoms with Crippen LogP contribution in [0.3, 0.4) is 0 Å². The summed E-state index contributed by atoms with van der Waals surface area (Å²) in [7, 11) is 0. The van der Waals surface area contributed by atoms with Crippen molar-refractivity contribution in [3.63, 3.8) is 0 Å². The summed E-state index contributed by atoms with van der Waals surface area (Å²) in [5.41, 5.74) is -0.392. The van der Waals surface area contributed by atoms with Crippen LogP contribution in [0.15, 0.2) is 12.3 Å². The van der Waals surface area contributed by atoms with Crippen molar-refractivity contribution in [2.45, 2.75) is 13.0 Å². The predicted octanol–water partition coefficient (Wildman–Crippen LogP) is 1.22. The largest absolute Gasteiger partial charge is 0.506 e. The first-order valence-electron chi connectivity index (χ1n) is 3.22. The van der Waals surface area contributed by atoms with Crippen molar-refractivity contribution in [2.75, 3.05) is 0 Å². The van der Waals surface area contributed by atoms with Crippen LogP contribution < -0.4 is 0 Å². The summed E-state index contributed by atoms with van der Waals surface area (Å²) < 4.78 is 24.1. The Morgan fingerprint density at radius 3 is 2.67 bits per heavy atom. The molecule has 66 valence electrons. The number of hydrogen-bond acceptors (Lipinski definition) is 3. The Kier molecular flexibility index (Phi) is 2.54. The van der Waals surface area contributed by atoms with Crippen LogP contribution in [0, 0.1) is 0 Å². The first-order chi connectivity index (χ1) is 5.65. The lowest BCUT2D eigenvalue weighted by Gasteiger charge is -2.03. The van der Waals surface area contributed by atoms with Crippen LogP contribution in [0.5, 0.6) is 5.75 Å². The van der Waals surface area contributed by atoms with E-state index in [2.05, 4.69) is 4.98 Å². The average Bonchev–Trinajstić information content (AvgIpc) is 2.05. The van der Waals surface area contributed by atoms with E-state index in [-0.39, 0.29) is 5.69 Å². The topological polar surface area (TPSA) is 53.4 Å². The molecule has 0 radical (unpaired) electrons. The molecule has 0 aliphatic rings. The van der Waals surface area contributed by atoms with Crippen molar-refractivity contribution in [1.82, 2.24) is 4.98 Å². The maximum absolute atomic E-state index is 12.1. The predicted molar refractivity (Wildman–Crippen MR) is 36.8 cm³/mol. The third kappa shape index (κ3) is 1.68. The highest BCUT2D eigenvalue weighted by Gasteiger charge is 2.13. The van der Waals surface area contributed by atoms with Gasteiger partial charge in [-0.05, 0) is 6.07 Å². The lowest BCUT2D eigenvalue weighted by molar-refractivity contribution is 0.147. The summed E-state index contributed by atoms with van der Waals surface area (Å²) in [6.45, 7) is -0.417. The average molecular weight is 175 g/mol. The number of rotatable bonds is 2. The summed E-state index contributed by atoms with van der Waals surface area (Å²) in [4.78, 5) is 3.51. The van der Waals surface area contributed by atoms with E-state index in [1.807, 2.05) is 0 Å². The zero-order valence-electron chi connectivity index (χ0n) is 6.04. The Bertz CT molecular complexity index is 278. The fraction of sp³-hybridized carbons (Fsp3) is 0.286. The number of pyridine rings is 1. The summed E-state index contributed by atoms with van der Waals surface area (Å²) in [5.74, 6) is -0.554. The van der Waals surface area contributed by atoms with E-state index < -0.39 is 24.3 Å². The van der Waals surface area contributed by atoms with Crippen LogP contribution in [0.25, 0.3) is 0 Å². The van der Waals surface area contributed by atoms with Gasteiger partial charge in [0.1, 0.15) is 5.75 Å². The number of halogens is 2. The zero-order valence-corrected chi connectivity index (χ0v) is 6.04. The molecule has 12 heavy (non-hydrogen) atoms. The molecule has 0 spiro atoms. The van der Waals surface area contributed by atoms with E-state index in [9.17, 15) is 8.78 Å². The van der Waals surface area contributed by atoms with Gasteiger partial charge in [0.15, 0.2) is 0 Å². The van der Waals surface area contributed by atoms with Gasteiger partial charge in [0, 0.05) is 0 Å². The molecule has 0 saturated carbocycles. The van der Waals surface area contributed by atoms with Crippen LogP contribution >= 0.6 is 0 Å². The molecule has 1 aromatic rings. The first-order valence-corrected chi connectivity index (χ1v) is 3.22. The number of aliphatic hydroxyl groups is 1. The second-order valence-corrected chi connectivity index (χ2v) is 2.19. The van der Waals surface area contributed by atoms with Gasteiger partial charge in [0.2, 0.25) is 0 Å². The number of nitrogens with zero attached hydrogens (tertiary/aromatic N) is 1. The molecule has 1 heterocycles. The number of hydrogen-bond donors (Lipinski definition) is 2. The highest BCUT2D eigenvalue weighted by molar-refractivity contribution is 5.31. The zero-order chi connectivity index (χ0) is 9.14. The van der Waals surface area contributed by atoms with Crippen LogP contribution in [0.1, 0.15) is 17.7 Å². The fourth-order valence-electron chi connectivity index (χ4n) is 0.771. The van der Waals surface area contributed by atoms with E-state index >= 15 is 0 Å². The molecule has 1 rings (SSSR count). The van der Waals surface area contributed by atoms with Gasteiger partial charge in [-0.15, -0.1) is 0 Å². The molecule has 0 atom stereocenters. The summed E-state index contributed by atoms with van der Waals surface area (Å²) in [6, 6.07) is 0.972. The fourth-order valence-corrected chi connectivity index (χ4v) is 0.771. The van der Waals surface area contributed by atoms with Gasteiger partial charge < -0.3 is 10.2 Å². The Morgan fingerprint density at radius 2 is 2.17 bits per heavy atom. The molecule has 0 saturated heterocycles. The molecule has 0 aliphatic carbocycles. The van der Waals surface area contributed by atoms with Crippen molar-refractivity contribution in [1.29, 1.82) is 0 Å². The monoisotopic (exact) mass is 175 g/mol. The minimum Gasteiger partial charge on any atom is -0.506 e. The van der Waals surface area contributed by atoms with Crippen LogP contribution in [-0.2, 0) is 6.61 Å². The Labute approximate surface area is 67.3 Å². The molecule has 2 N–H and O–H groups in total. The van der Waals surface area contributed by atoms with Crippen molar-refractivity contribution < 1.29 is 19.0 Å². The number of aromatic nitrogens is 1. The van der Waals surface area contributed by atoms with Crippen molar-refractivity contribution in [2.24, 2.45) is 0 Å². The van der Waals surface area contributed by atoms with Gasteiger partial charge in [0.25, 0.3) is 6.43 Å². The molecule has 1 aromatic heterocycles. The van der Waals surface area contributed by atoms with E-state index in [0.717, 1.165) is 12.3 Å². The molecule has 0 fully saturated rings. The second-order valence-electron chi connectivity index (χ2n) is 2.19. The molecular weight excluding hydrogens is 168 g/mol. The molecule has 0 aliphatic heterocycles. The second kappa shape index (κ2) is 3.44. The van der Waals surface area contributed by atoms with Gasteiger partial charge in [-0.2, -0.15) is 0 Å². The Hall–Kier alpha value is -1.23. The third-order valence-corrected chi connectivity index (χ3v) is 1.37. The molecule has 0 unspecified atom stereocenters. The number of alkyl halides is 2. The molecule has 0 amide bonds. The van der Waals surface area contributed by atoms with Gasteiger partial charge >= 0.3 is 0 Å². The van der Waals surface area contributed by atoms with Crippen LogP contribution in [0.2, 0.25) is 0 Å². The SMILES string of the molecule is OCc1cc(C(F)F)c(O)cn1. The number of aliphatic hydroxyl groups excluding tert-OH is 1.